The van der Waals surface area contributed by atoms with Crippen molar-refractivity contribution in [3.8, 4) is 0 Å². The fraction of sp³-hybridized carbons (Fsp3) is 0.391. The van der Waals surface area contributed by atoms with Gasteiger partial charge in [-0.3, -0.25) is 9.78 Å². The van der Waals surface area contributed by atoms with Gasteiger partial charge in [0.05, 0.1) is 13.2 Å². The van der Waals surface area contributed by atoms with Gasteiger partial charge in [-0.1, -0.05) is 24.3 Å². The Balaban J connectivity index is 1.30. The van der Waals surface area contributed by atoms with Gasteiger partial charge in [0.2, 0.25) is 5.95 Å². The van der Waals surface area contributed by atoms with Crippen molar-refractivity contribution in [3.63, 3.8) is 0 Å². The molecule has 4 heterocycles. The van der Waals surface area contributed by atoms with Gasteiger partial charge in [0, 0.05) is 62.6 Å². The molecule has 8 heteroatoms. The molecule has 0 aliphatic carbocycles. The summed E-state index contributed by atoms with van der Waals surface area (Å²) in [7, 11) is 0. The summed E-state index contributed by atoms with van der Waals surface area (Å²) in [5.74, 6) is 1.67. The number of morpholine rings is 1. The van der Waals surface area contributed by atoms with E-state index in [1.807, 2.05) is 48.2 Å². The lowest BCUT2D eigenvalue weighted by molar-refractivity contribution is 0.0743. The number of amides is 1. The first kappa shape index (κ1) is 19.7. The summed E-state index contributed by atoms with van der Waals surface area (Å²) in [5, 5.41) is 1.94. The SMILES string of the molecule is Cc1cc(N2CCN(C(=O)c3nccc4ccccc34)CC2)nc(N2CCOCC2)n1. The van der Waals surface area contributed by atoms with Crippen molar-refractivity contribution >= 4 is 28.4 Å². The van der Waals surface area contributed by atoms with Crippen LogP contribution in [-0.4, -0.2) is 78.2 Å². The predicted molar refractivity (Wildman–Crippen MR) is 120 cm³/mol. The van der Waals surface area contributed by atoms with Gasteiger partial charge in [-0.15, -0.1) is 0 Å². The third kappa shape index (κ3) is 4.03. The monoisotopic (exact) mass is 418 g/mol. The first-order valence-corrected chi connectivity index (χ1v) is 10.8. The fourth-order valence-corrected chi connectivity index (χ4v) is 4.18. The first-order chi connectivity index (χ1) is 15.2. The average Bonchev–Trinajstić information content (AvgIpc) is 2.83. The number of anilines is 2. The quantitative estimate of drug-likeness (QED) is 0.645. The number of hydrogen-bond donors (Lipinski definition) is 0. The van der Waals surface area contributed by atoms with Gasteiger partial charge in [0.15, 0.2) is 0 Å². The van der Waals surface area contributed by atoms with Crippen LogP contribution in [-0.2, 0) is 4.74 Å². The average molecular weight is 419 g/mol. The third-order valence-corrected chi connectivity index (χ3v) is 5.89. The van der Waals surface area contributed by atoms with Crippen molar-refractivity contribution in [1.82, 2.24) is 19.9 Å². The Morgan fingerprint density at radius 2 is 1.71 bits per heavy atom. The van der Waals surface area contributed by atoms with Crippen LogP contribution in [0.2, 0.25) is 0 Å². The van der Waals surface area contributed by atoms with Crippen LogP contribution in [0.4, 0.5) is 11.8 Å². The lowest BCUT2D eigenvalue weighted by atomic mass is 10.1. The molecular formula is C23H26N6O2. The Labute approximate surface area is 181 Å². The van der Waals surface area contributed by atoms with E-state index in [0.717, 1.165) is 54.4 Å². The highest BCUT2D eigenvalue weighted by Crippen LogP contribution is 2.22. The van der Waals surface area contributed by atoms with E-state index in [2.05, 4.69) is 19.8 Å². The zero-order chi connectivity index (χ0) is 21.2. The van der Waals surface area contributed by atoms with E-state index in [4.69, 9.17) is 9.72 Å². The predicted octanol–water partition coefficient (Wildman–Crippen LogP) is 2.13. The summed E-state index contributed by atoms with van der Waals surface area (Å²) < 4.78 is 5.45. The molecule has 5 rings (SSSR count). The number of ether oxygens (including phenoxy) is 1. The number of aromatic nitrogens is 3. The molecule has 0 N–H and O–H groups in total. The van der Waals surface area contributed by atoms with Crippen LogP contribution in [0.1, 0.15) is 16.2 Å². The fourth-order valence-electron chi connectivity index (χ4n) is 4.18. The standard InChI is InChI=1S/C23H26N6O2/c1-17-16-20(26-23(25-17)29-12-14-31-15-13-29)27-8-10-28(11-9-27)22(30)21-19-5-3-2-4-18(19)6-7-24-21/h2-7,16H,8-15H2,1H3. The molecule has 8 nitrogen and oxygen atoms in total. The minimum absolute atomic E-state index is 0.00989. The maximum absolute atomic E-state index is 13.2. The number of carbonyl (C=O) groups is 1. The third-order valence-electron chi connectivity index (χ3n) is 5.89. The first-order valence-electron chi connectivity index (χ1n) is 10.8. The van der Waals surface area contributed by atoms with Crippen molar-refractivity contribution in [3.05, 3.63) is 54.0 Å². The van der Waals surface area contributed by atoms with E-state index >= 15 is 0 Å². The minimum Gasteiger partial charge on any atom is -0.378 e. The summed E-state index contributed by atoms with van der Waals surface area (Å²) in [6, 6.07) is 11.9. The second-order valence-corrected chi connectivity index (χ2v) is 7.93. The Kier molecular flexibility index (Phi) is 5.38. The van der Waals surface area contributed by atoms with Crippen LogP contribution in [0, 0.1) is 6.92 Å². The molecule has 0 radical (unpaired) electrons. The molecule has 31 heavy (non-hydrogen) atoms. The van der Waals surface area contributed by atoms with Crippen LogP contribution in [0.25, 0.3) is 10.8 Å². The normalized spacial score (nSPS) is 17.3. The maximum Gasteiger partial charge on any atom is 0.273 e. The van der Waals surface area contributed by atoms with Gasteiger partial charge in [0.25, 0.3) is 5.91 Å². The lowest BCUT2D eigenvalue weighted by Crippen LogP contribution is -2.49. The van der Waals surface area contributed by atoms with Crippen LogP contribution in [0.5, 0.6) is 0 Å². The summed E-state index contributed by atoms with van der Waals surface area (Å²) in [4.78, 5) is 33.3. The Morgan fingerprint density at radius 1 is 0.935 bits per heavy atom. The van der Waals surface area contributed by atoms with E-state index in [1.54, 1.807) is 6.20 Å². The number of piperazine rings is 1. The molecule has 2 aliphatic heterocycles. The van der Waals surface area contributed by atoms with E-state index in [1.165, 1.54) is 0 Å². The number of nitrogens with zero attached hydrogens (tertiary/aromatic N) is 6. The Bertz CT molecular complexity index is 1090. The zero-order valence-electron chi connectivity index (χ0n) is 17.7. The summed E-state index contributed by atoms with van der Waals surface area (Å²) >= 11 is 0. The summed E-state index contributed by atoms with van der Waals surface area (Å²) in [6.07, 6.45) is 1.71. The molecule has 0 bridgehead atoms. The topological polar surface area (TPSA) is 74.7 Å². The highest BCUT2D eigenvalue weighted by Gasteiger charge is 2.26. The molecule has 1 aromatic carbocycles. The molecule has 3 aromatic rings. The minimum atomic E-state index is -0.00989. The van der Waals surface area contributed by atoms with Crippen LogP contribution >= 0.6 is 0 Å². The van der Waals surface area contributed by atoms with Crippen molar-refractivity contribution < 1.29 is 9.53 Å². The van der Waals surface area contributed by atoms with Gasteiger partial charge >= 0.3 is 0 Å². The van der Waals surface area contributed by atoms with E-state index in [0.29, 0.717) is 32.0 Å². The molecule has 2 fully saturated rings. The van der Waals surface area contributed by atoms with Gasteiger partial charge in [-0.25, -0.2) is 4.98 Å². The van der Waals surface area contributed by atoms with Crippen molar-refractivity contribution in [2.24, 2.45) is 0 Å². The van der Waals surface area contributed by atoms with Crippen molar-refractivity contribution in [2.75, 3.05) is 62.3 Å². The van der Waals surface area contributed by atoms with Gasteiger partial charge in [0.1, 0.15) is 11.5 Å². The van der Waals surface area contributed by atoms with Gasteiger partial charge < -0.3 is 19.4 Å². The molecule has 1 amide bonds. The molecular weight excluding hydrogens is 392 g/mol. The number of aryl methyl sites for hydroxylation is 1. The number of hydrogen-bond acceptors (Lipinski definition) is 7. The molecule has 2 aromatic heterocycles. The zero-order valence-corrected chi connectivity index (χ0v) is 17.7. The summed E-state index contributed by atoms with van der Waals surface area (Å²) in [5.41, 5.74) is 1.48. The van der Waals surface area contributed by atoms with Crippen molar-refractivity contribution in [1.29, 1.82) is 0 Å². The summed E-state index contributed by atoms with van der Waals surface area (Å²) in [6.45, 7) is 7.77. The molecule has 0 saturated carbocycles. The van der Waals surface area contributed by atoms with Gasteiger partial charge in [-0.05, 0) is 18.4 Å². The molecule has 0 spiro atoms. The van der Waals surface area contributed by atoms with Crippen molar-refractivity contribution in [2.45, 2.75) is 6.92 Å². The number of pyridine rings is 1. The smallest absolute Gasteiger partial charge is 0.273 e. The molecule has 0 unspecified atom stereocenters. The number of rotatable bonds is 3. The Morgan fingerprint density at radius 3 is 2.52 bits per heavy atom. The highest BCUT2D eigenvalue weighted by atomic mass is 16.5. The van der Waals surface area contributed by atoms with Crippen LogP contribution < -0.4 is 9.80 Å². The number of benzene rings is 1. The molecule has 160 valence electrons. The highest BCUT2D eigenvalue weighted by molar-refractivity contribution is 6.05. The van der Waals surface area contributed by atoms with Crippen LogP contribution in [0.3, 0.4) is 0 Å². The van der Waals surface area contributed by atoms with E-state index in [9.17, 15) is 4.79 Å². The largest absolute Gasteiger partial charge is 0.378 e. The second kappa shape index (κ2) is 8.47. The number of fused-ring (bicyclic) bond motifs is 1. The molecule has 2 aliphatic rings. The maximum atomic E-state index is 13.2. The number of carbonyl (C=O) groups excluding carboxylic acids is 1. The molecule has 0 atom stereocenters. The van der Waals surface area contributed by atoms with E-state index in [-0.39, 0.29) is 5.91 Å². The van der Waals surface area contributed by atoms with Gasteiger partial charge in [-0.2, -0.15) is 4.98 Å². The second-order valence-electron chi connectivity index (χ2n) is 7.93. The Hall–Kier alpha value is -3.26. The lowest BCUT2D eigenvalue weighted by Gasteiger charge is -2.36. The molecule has 2 saturated heterocycles. The van der Waals surface area contributed by atoms with E-state index < -0.39 is 0 Å². The van der Waals surface area contributed by atoms with Crippen LogP contribution in [0.15, 0.2) is 42.6 Å².